The lowest BCUT2D eigenvalue weighted by Gasteiger charge is -2.48. The molecule has 0 saturated heterocycles. The van der Waals surface area contributed by atoms with Crippen molar-refractivity contribution in [3.8, 4) is 0 Å². The third-order valence-corrected chi connectivity index (χ3v) is 11.7. The van der Waals surface area contributed by atoms with Crippen LogP contribution in [0.15, 0.2) is 45.9 Å². The first-order valence-corrected chi connectivity index (χ1v) is 10.8. The van der Waals surface area contributed by atoms with E-state index in [1.54, 1.807) is 5.19 Å². The van der Waals surface area contributed by atoms with Crippen LogP contribution in [0.4, 0.5) is 0 Å². The van der Waals surface area contributed by atoms with Gasteiger partial charge >= 0.3 is 0 Å². The van der Waals surface area contributed by atoms with Crippen molar-refractivity contribution in [3.05, 3.63) is 62.6 Å². The molecular formula is C21H26Si. The molecule has 0 unspecified atom stereocenters. The van der Waals surface area contributed by atoms with Gasteiger partial charge in [-0.2, -0.15) is 0 Å². The summed E-state index contributed by atoms with van der Waals surface area (Å²) in [6.07, 6.45) is 15.6. The molecular weight excluding hydrogens is 280 g/mol. The highest BCUT2D eigenvalue weighted by molar-refractivity contribution is 7.09. The molecule has 1 heteroatoms. The number of rotatable bonds is 1. The Kier molecular flexibility index (Phi) is 3.30. The summed E-state index contributed by atoms with van der Waals surface area (Å²) in [5, 5.41) is 7.23. The number of benzene rings is 1. The topological polar surface area (TPSA) is 0 Å². The van der Waals surface area contributed by atoms with Crippen molar-refractivity contribution < 1.29 is 0 Å². The van der Waals surface area contributed by atoms with Crippen molar-refractivity contribution in [2.24, 2.45) is 0 Å². The maximum absolute atomic E-state index is 2.63. The fourth-order valence-electron chi connectivity index (χ4n) is 5.41. The fraction of sp³-hybridized carbons (Fsp3) is 0.429. The fourth-order valence-corrected chi connectivity index (χ4v) is 11.8. The smallest absolute Gasteiger partial charge is 0.0879 e. The first-order chi connectivity index (χ1) is 10.6. The number of hydrogen-bond acceptors (Lipinski definition) is 0. The Balaban J connectivity index is 2.09. The highest BCUT2D eigenvalue weighted by Gasteiger charge is 2.50. The molecule has 0 N–H and O–H groups in total. The van der Waals surface area contributed by atoms with E-state index in [1.165, 1.54) is 55.2 Å². The summed E-state index contributed by atoms with van der Waals surface area (Å²) in [5.41, 5.74) is 4.49. The standard InChI is InChI=1S/C21H26Si/c1-15-13-16(2)21(17(3)14-15)22-18-7-4-8-19(22)10-6-12-20(22)11-5-9-18/h7,10-11,13-14H,4-6,8-9,12H2,1-3H3. The molecule has 1 aromatic carbocycles. The van der Waals surface area contributed by atoms with Crippen LogP contribution in [0.1, 0.15) is 55.2 Å². The molecule has 22 heavy (non-hydrogen) atoms. The Labute approximate surface area is 135 Å². The second-order valence-electron chi connectivity index (χ2n) is 7.33. The molecule has 0 bridgehead atoms. The molecule has 0 saturated carbocycles. The predicted molar refractivity (Wildman–Crippen MR) is 98.0 cm³/mol. The van der Waals surface area contributed by atoms with Crippen molar-refractivity contribution in [1.29, 1.82) is 0 Å². The van der Waals surface area contributed by atoms with E-state index in [2.05, 4.69) is 51.1 Å². The highest BCUT2D eigenvalue weighted by Crippen LogP contribution is 2.47. The minimum absolute atomic E-state index is 1.27. The number of hydrogen-bond donors (Lipinski definition) is 0. The summed E-state index contributed by atoms with van der Waals surface area (Å²) in [5.74, 6) is 0. The lowest BCUT2D eigenvalue weighted by molar-refractivity contribution is 0.865. The van der Waals surface area contributed by atoms with Gasteiger partial charge in [-0.15, -0.1) is 0 Å². The van der Waals surface area contributed by atoms with E-state index in [0.29, 0.717) is 0 Å². The van der Waals surface area contributed by atoms with Crippen LogP contribution in [0.25, 0.3) is 0 Å². The second kappa shape index (κ2) is 5.09. The zero-order valence-electron chi connectivity index (χ0n) is 14.1. The van der Waals surface area contributed by atoms with Gasteiger partial charge in [-0.25, -0.2) is 0 Å². The van der Waals surface area contributed by atoms with Gasteiger partial charge in [-0.05, 0) is 64.5 Å². The van der Waals surface area contributed by atoms with Crippen molar-refractivity contribution in [1.82, 2.24) is 0 Å². The normalized spacial score (nSPS) is 22.4. The van der Waals surface area contributed by atoms with Crippen molar-refractivity contribution in [3.63, 3.8) is 0 Å². The van der Waals surface area contributed by atoms with Gasteiger partial charge in [-0.3, -0.25) is 0 Å². The van der Waals surface area contributed by atoms with Gasteiger partial charge in [0, 0.05) is 0 Å². The monoisotopic (exact) mass is 306 g/mol. The van der Waals surface area contributed by atoms with E-state index < -0.39 is 8.07 Å². The van der Waals surface area contributed by atoms with E-state index in [1.807, 2.05) is 15.6 Å². The zero-order valence-corrected chi connectivity index (χ0v) is 15.1. The molecule has 0 fully saturated rings. The van der Waals surface area contributed by atoms with Crippen molar-refractivity contribution >= 4 is 13.3 Å². The van der Waals surface area contributed by atoms with E-state index in [-0.39, 0.29) is 0 Å². The minimum atomic E-state index is -1.75. The molecule has 1 aromatic rings. The summed E-state index contributed by atoms with van der Waals surface area (Å²) in [7, 11) is -1.75. The first-order valence-electron chi connectivity index (χ1n) is 8.81. The van der Waals surface area contributed by atoms with Gasteiger partial charge in [0.15, 0.2) is 8.07 Å². The molecule has 0 aromatic heterocycles. The Morgan fingerprint density at radius 1 is 0.682 bits per heavy atom. The molecule has 0 atom stereocenters. The maximum atomic E-state index is 2.63. The summed E-state index contributed by atoms with van der Waals surface area (Å²) >= 11 is 0. The Morgan fingerprint density at radius 3 is 1.50 bits per heavy atom. The van der Waals surface area contributed by atoms with E-state index in [9.17, 15) is 0 Å². The van der Waals surface area contributed by atoms with Gasteiger partial charge in [0.25, 0.3) is 0 Å². The van der Waals surface area contributed by atoms with Crippen LogP contribution >= 0.6 is 0 Å². The molecule has 3 aliphatic rings. The lowest BCUT2D eigenvalue weighted by atomic mass is 10.1. The third kappa shape index (κ3) is 1.81. The molecule has 3 aliphatic heterocycles. The van der Waals surface area contributed by atoms with Crippen LogP contribution in [0.5, 0.6) is 0 Å². The Morgan fingerprint density at radius 2 is 1.09 bits per heavy atom. The maximum Gasteiger partial charge on any atom is 0.167 e. The largest absolute Gasteiger partial charge is 0.167 e. The Bertz CT molecular complexity index is 652. The molecule has 3 heterocycles. The SMILES string of the molecule is Cc1cc(C)c([Si]23C4=CCCC2=CCCC3=CCC4)c(C)c1. The average molecular weight is 307 g/mol. The van der Waals surface area contributed by atoms with Gasteiger partial charge in [0.05, 0.1) is 0 Å². The Hall–Kier alpha value is -1.34. The van der Waals surface area contributed by atoms with Crippen LogP contribution in [0.2, 0.25) is 0 Å². The van der Waals surface area contributed by atoms with Crippen LogP contribution < -0.4 is 5.19 Å². The minimum Gasteiger partial charge on any atom is -0.0879 e. The summed E-state index contributed by atoms with van der Waals surface area (Å²) < 4.78 is 0. The average Bonchev–Trinajstić information content (AvgIpc) is 2.47. The molecule has 0 spiro atoms. The van der Waals surface area contributed by atoms with Gasteiger partial charge in [0.2, 0.25) is 0 Å². The van der Waals surface area contributed by atoms with Crippen LogP contribution in [-0.2, 0) is 0 Å². The molecule has 0 nitrogen and oxygen atoms in total. The molecule has 114 valence electrons. The first kappa shape index (κ1) is 14.3. The zero-order chi connectivity index (χ0) is 15.3. The number of aryl methyl sites for hydroxylation is 3. The summed E-state index contributed by atoms with van der Waals surface area (Å²) in [6, 6.07) is 4.84. The van der Waals surface area contributed by atoms with E-state index in [4.69, 9.17) is 0 Å². The van der Waals surface area contributed by atoms with Crippen molar-refractivity contribution in [2.75, 3.05) is 0 Å². The van der Waals surface area contributed by atoms with Crippen LogP contribution in [0, 0.1) is 20.8 Å². The summed E-state index contributed by atoms with van der Waals surface area (Å²) in [4.78, 5) is 0. The molecule has 4 rings (SSSR count). The quantitative estimate of drug-likeness (QED) is 0.637. The van der Waals surface area contributed by atoms with Crippen molar-refractivity contribution in [2.45, 2.75) is 59.3 Å². The van der Waals surface area contributed by atoms with Crippen LogP contribution in [0.3, 0.4) is 0 Å². The predicted octanol–water partition coefficient (Wildman–Crippen LogP) is 5.05. The third-order valence-electron chi connectivity index (χ3n) is 5.91. The number of allylic oxidation sites excluding steroid dienone is 6. The van der Waals surface area contributed by atoms with Crippen LogP contribution in [-0.4, -0.2) is 8.07 Å². The second-order valence-corrected chi connectivity index (χ2v) is 11.3. The lowest BCUT2D eigenvalue weighted by Crippen LogP contribution is -2.59. The van der Waals surface area contributed by atoms with Gasteiger partial charge in [0.1, 0.15) is 0 Å². The van der Waals surface area contributed by atoms with Gasteiger partial charge < -0.3 is 0 Å². The van der Waals surface area contributed by atoms with E-state index in [0.717, 1.165) is 0 Å². The summed E-state index contributed by atoms with van der Waals surface area (Å²) in [6.45, 7) is 6.95. The van der Waals surface area contributed by atoms with Gasteiger partial charge in [-0.1, -0.05) is 62.6 Å². The highest BCUT2D eigenvalue weighted by atomic mass is 28.3. The molecule has 0 aliphatic carbocycles. The van der Waals surface area contributed by atoms with E-state index >= 15 is 0 Å². The molecule has 0 radical (unpaired) electrons. The molecule has 0 amide bonds.